The Bertz CT molecular complexity index is 846. The van der Waals surface area contributed by atoms with Crippen molar-refractivity contribution >= 4 is 23.6 Å². The predicted molar refractivity (Wildman–Crippen MR) is 104 cm³/mol. The van der Waals surface area contributed by atoms with Crippen molar-refractivity contribution in [3.63, 3.8) is 0 Å². The van der Waals surface area contributed by atoms with Crippen LogP contribution in [0.4, 0.5) is 4.79 Å². The van der Waals surface area contributed by atoms with E-state index in [1.54, 1.807) is 32.9 Å². The number of pyridine rings is 1. The maximum atomic E-state index is 13.0. The van der Waals surface area contributed by atoms with Gasteiger partial charge in [0.15, 0.2) is 0 Å². The maximum absolute atomic E-state index is 13.0. The second-order valence-corrected chi connectivity index (χ2v) is 8.05. The van der Waals surface area contributed by atoms with Crippen LogP contribution in [0.2, 0.25) is 5.15 Å². The molecule has 0 bridgehead atoms. The van der Waals surface area contributed by atoms with Crippen molar-refractivity contribution in [3.05, 3.63) is 64.4 Å². The fraction of sp³-hybridized carbons (Fsp3) is 0.381. The fourth-order valence-corrected chi connectivity index (χ4v) is 3.35. The molecule has 1 aromatic heterocycles. The van der Waals surface area contributed by atoms with Crippen LogP contribution in [-0.4, -0.2) is 33.5 Å². The molecule has 3 rings (SSSR count). The first-order valence-electron chi connectivity index (χ1n) is 9.00. The molecular formula is C21H23ClN2O3. The van der Waals surface area contributed by atoms with Crippen molar-refractivity contribution in [1.29, 1.82) is 0 Å². The monoisotopic (exact) mass is 386 g/mol. The molecule has 2 aromatic rings. The first-order valence-corrected chi connectivity index (χ1v) is 9.38. The number of fused-ring (bicyclic) bond motifs is 1. The predicted octanol–water partition coefficient (Wildman–Crippen LogP) is 4.67. The molecule has 6 heteroatoms. The number of carbonyl (C=O) groups excluding carboxylic acids is 2. The van der Waals surface area contributed by atoms with Crippen LogP contribution in [-0.2, 0) is 17.6 Å². The van der Waals surface area contributed by atoms with Gasteiger partial charge in [-0.05, 0) is 51.3 Å². The first kappa shape index (κ1) is 19.4. The molecule has 1 aliphatic rings. The zero-order valence-electron chi connectivity index (χ0n) is 15.7. The van der Waals surface area contributed by atoms with Crippen LogP contribution in [0, 0.1) is 0 Å². The van der Waals surface area contributed by atoms with E-state index in [2.05, 4.69) is 4.98 Å². The van der Waals surface area contributed by atoms with Gasteiger partial charge in [-0.3, -0.25) is 4.79 Å². The Hall–Kier alpha value is -2.40. The van der Waals surface area contributed by atoms with Gasteiger partial charge in [0.1, 0.15) is 10.8 Å². The van der Waals surface area contributed by atoms with E-state index in [0.717, 1.165) is 12.0 Å². The highest BCUT2D eigenvalue weighted by Gasteiger charge is 2.39. The van der Waals surface area contributed by atoms with Crippen molar-refractivity contribution in [2.24, 2.45) is 0 Å². The summed E-state index contributed by atoms with van der Waals surface area (Å²) in [6.07, 6.45) is 1.22. The molecule has 0 N–H and O–H groups in total. The summed E-state index contributed by atoms with van der Waals surface area (Å²) in [6.45, 7) is 5.36. The number of hydrogen-bond acceptors (Lipinski definition) is 4. The van der Waals surface area contributed by atoms with E-state index in [0.29, 0.717) is 29.3 Å². The summed E-state index contributed by atoms with van der Waals surface area (Å²) in [6, 6.07) is 12.8. The third kappa shape index (κ3) is 4.66. The molecule has 2 heterocycles. The molecule has 2 amide bonds. The summed E-state index contributed by atoms with van der Waals surface area (Å²) >= 11 is 6.00. The van der Waals surface area contributed by atoms with Crippen molar-refractivity contribution in [2.45, 2.75) is 51.7 Å². The van der Waals surface area contributed by atoms with E-state index in [-0.39, 0.29) is 11.9 Å². The highest BCUT2D eigenvalue weighted by molar-refractivity contribution is 6.29. The highest BCUT2D eigenvalue weighted by Crippen LogP contribution is 2.28. The summed E-state index contributed by atoms with van der Waals surface area (Å²) in [5.41, 5.74) is 1.50. The first-order chi connectivity index (χ1) is 12.7. The minimum Gasteiger partial charge on any atom is -0.443 e. The quantitative estimate of drug-likeness (QED) is 0.719. The van der Waals surface area contributed by atoms with Gasteiger partial charge in [-0.25, -0.2) is 14.7 Å². The molecule has 27 heavy (non-hydrogen) atoms. The Labute approximate surface area is 164 Å². The molecule has 0 aliphatic carbocycles. The number of aromatic nitrogens is 1. The number of amides is 2. The molecule has 0 fully saturated rings. The molecule has 0 spiro atoms. The van der Waals surface area contributed by atoms with Crippen LogP contribution >= 0.6 is 11.6 Å². The Morgan fingerprint density at radius 3 is 2.59 bits per heavy atom. The van der Waals surface area contributed by atoms with Crippen LogP contribution < -0.4 is 0 Å². The lowest BCUT2D eigenvalue weighted by Crippen LogP contribution is -2.51. The molecule has 1 unspecified atom stereocenters. The standard InChI is InChI=1S/C21H23ClN2O3/c1-21(2,3)27-20(26)24-15(10-9-14-7-5-4-6-8-14)13-17-16(19(24)25)11-12-18(22)23-17/h4-8,11-12,15H,9-10,13H2,1-3H3. The highest BCUT2D eigenvalue weighted by atomic mass is 35.5. The van der Waals surface area contributed by atoms with Gasteiger partial charge >= 0.3 is 6.09 Å². The third-order valence-corrected chi connectivity index (χ3v) is 4.59. The van der Waals surface area contributed by atoms with Gasteiger partial charge in [0.25, 0.3) is 5.91 Å². The lowest BCUT2D eigenvalue weighted by Gasteiger charge is -2.35. The molecule has 1 atom stereocenters. The molecule has 0 saturated heterocycles. The van der Waals surface area contributed by atoms with Crippen molar-refractivity contribution in [3.8, 4) is 0 Å². The van der Waals surface area contributed by atoms with Crippen LogP contribution in [0.25, 0.3) is 0 Å². The zero-order valence-corrected chi connectivity index (χ0v) is 16.5. The summed E-state index contributed by atoms with van der Waals surface area (Å²) in [4.78, 5) is 31.3. The van der Waals surface area contributed by atoms with Gasteiger partial charge in [-0.2, -0.15) is 0 Å². The average molecular weight is 387 g/mol. The Kier molecular flexibility index (Phi) is 5.51. The zero-order chi connectivity index (χ0) is 19.6. The minimum atomic E-state index is -0.681. The molecule has 0 saturated carbocycles. The average Bonchev–Trinajstić information content (AvgIpc) is 2.59. The smallest absolute Gasteiger partial charge is 0.417 e. The van der Waals surface area contributed by atoms with E-state index in [4.69, 9.17) is 16.3 Å². The van der Waals surface area contributed by atoms with Gasteiger partial charge in [0.2, 0.25) is 0 Å². The van der Waals surface area contributed by atoms with Gasteiger partial charge in [0, 0.05) is 12.5 Å². The number of halogens is 1. The van der Waals surface area contributed by atoms with Gasteiger partial charge in [-0.15, -0.1) is 0 Å². The van der Waals surface area contributed by atoms with E-state index in [1.807, 2.05) is 30.3 Å². The third-order valence-electron chi connectivity index (χ3n) is 4.38. The van der Waals surface area contributed by atoms with Crippen molar-refractivity contribution < 1.29 is 14.3 Å². The van der Waals surface area contributed by atoms with E-state index in [1.165, 1.54) is 4.90 Å². The number of carbonyl (C=O) groups is 2. The van der Waals surface area contributed by atoms with Crippen molar-refractivity contribution in [1.82, 2.24) is 9.88 Å². The van der Waals surface area contributed by atoms with Crippen LogP contribution in [0.5, 0.6) is 0 Å². The Morgan fingerprint density at radius 1 is 1.22 bits per heavy atom. The van der Waals surface area contributed by atoms with Gasteiger partial charge in [-0.1, -0.05) is 41.9 Å². The molecule has 5 nitrogen and oxygen atoms in total. The minimum absolute atomic E-state index is 0.328. The van der Waals surface area contributed by atoms with E-state index in [9.17, 15) is 9.59 Å². The van der Waals surface area contributed by atoms with Crippen molar-refractivity contribution in [2.75, 3.05) is 0 Å². The van der Waals surface area contributed by atoms with Crippen LogP contribution in [0.3, 0.4) is 0 Å². The number of ether oxygens (including phenoxy) is 1. The van der Waals surface area contributed by atoms with Crippen LogP contribution in [0.15, 0.2) is 42.5 Å². The normalized spacial score (nSPS) is 16.8. The summed E-state index contributed by atoms with van der Waals surface area (Å²) in [5.74, 6) is -0.382. The summed E-state index contributed by atoms with van der Waals surface area (Å²) in [7, 11) is 0. The van der Waals surface area contributed by atoms with Crippen LogP contribution in [0.1, 0.15) is 48.8 Å². The Morgan fingerprint density at radius 2 is 1.93 bits per heavy atom. The molecule has 142 valence electrons. The second kappa shape index (κ2) is 7.69. The lowest BCUT2D eigenvalue weighted by molar-refractivity contribution is 0.0141. The Balaban J connectivity index is 1.88. The lowest BCUT2D eigenvalue weighted by atomic mass is 9.93. The SMILES string of the molecule is CC(C)(C)OC(=O)N1C(=O)c2ccc(Cl)nc2CC1CCc1ccccc1. The van der Waals surface area contributed by atoms with E-state index < -0.39 is 11.7 Å². The van der Waals surface area contributed by atoms with Gasteiger partial charge < -0.3 is 4.74 Å². The molecule has 0 radical (unpaired) electrons. The van der Waals surface area contributed by atoms with E-state index >= 15 is 0 Å². The number of rotatable bonds is 3. The maximum Gasteiger partial charge on any atom is 0.417 e. The number of hydrogen-bond donors (Lipinski definition) is 0. The summed E-state index contributed by atoms with van der Waals surface area (Å²) in [5, 5.41) is 0.342. The molecule has 1 aromatic carbocycles. The fourth-order valence-electron chi connectivity index (χ4n) is 3.19. The van der Waals surface area contributed by atoms with Gasteiger partial charge in [0.05, 0.1) is 11.3 Å². The molecular weight excluding hydrogens is 364 g/mol. The molecule has 1 aliphatic heterocycles. The number of imide groups is 1. The number of nitrogens with zero attached hydrogens (tertiary/aromatic N) is 2. The number of aryl methyl sites for hydroxylation is 1. The topological polar surface area (TPSA) is 59.5 Å². The summed E-state index contributed by atoms with van der Waals surface area (Å²) < 4.78 is 5.49. The second-order valence-electron chi connectivity index (χ2n) is 7.67. The number of benzene rings is 1. The largest absolute Gasteiger partial charge is 0.443 e.